The van der Waals surface area contributed by atoms with Crippen LogP contribution in [0.4, 0.5) is 10.5 Å². The van der Waals surface area contributed by atoms with Gasteiger partial charge in [0.05, 0.1) is 28.9 Å². The molecule has 2 aromatic rings. The van der Waals surface area contributed by atoms with Gasteiger partial charge < -0.3 is 25.6 Å². The van der Waals surface area contributed by atoms with Crippen LogP contribution in [0.5, 0.6) is 5.75 Å². The fourth-order valence-corrected chi connectivity index (χ4v) is 4.39. The lowest BCUT2D eigenvalue weighted by atomic mass is 10.0. The molecule has 0 aliphatic carbocycles. The predicted molar refractivity (Wildman–Crippen MR) is 121 cm³/mol. The van der Waals surface area contributed by atoms with Crippen molar-refractivity contribution in [1.29, 1.82) is 0 Å². The average Bonchev–Trinajstić information content (AvgIpc) is 3.20. The fraction of sp³-hybridized carbons (Fsp3) is 0.318. The average molecular weight is 477 g/mol. The molecule has 4 amide bonds. The molecule has 0 unspecified atom stereocenters. The van der Waals surface area contributed by atoms with E-state index < -0.39 is 18.1 Å². The first-order chi connectivity index (χ1) is 15.4. The first-order valence-electron chi connectivity index (χ1n) is 10.1. The number of methoxy groups -OCH3 is 1. The SMILES string of the molecule is COc1ccc(C[C@@H]2NC(=O)[C@@H]3C[C@H](NC(=O)Nc4cccc(Cl)c4Cl)CN3C2=O)cc1. The zero-order valence-corrected chi connectivity index (χ0v) is 18.7. The van der Waals surface area contributed by atoms with Crippen molar-refractivity contribution in [2.45, 2.75) is 31.0 Å². The lowest BCUT2D eigenvalue weighted by molar-refractivity contribution is -0.147. The molecule has 2 saturated heterocycles. The summed E-state index contributed by atoms with van der Waals surface area (Å²) in [6.45, 7) is 0.257. The quantitative estimate of drug-likeness (QED) is 0.617. The van der Waals surface area contributed by atoms with Gasteiger partial charge in [-0.3, -0.25) is 9.59 Å². The molecule has 2 aromatic carbocycles. The maximum absolute atomic E-state index is 13.0. The number of hydrogen-bond acceptors (Lipinski definition) is 4. The summed E-state index contributed by atoms with van der Waals surface area (Å²) < 4.78 is 5.15. The molecule has 168 valence electrons. The summed E-state index contributed by atoms with van der Waals surface area (Å²) in [5.74, 6) is 0.345. The van der Waals surface area contributed by atoms with Crippen molar-refractivity contribution in [3.8, 4) is 5.75 Å². The summed E-state index contributed by atoms with van der Waals surface area (Å²) in [6, 6.07) is 10.2. The molecule has 2 heterocycles. The molecule has 32 heavy (non-hydrogen) atoms. The van der Waals surface area contributed by atoms with Crippen LogP contribution in [0.25, 0.3) is 0 Å². The maximum atomic E-state index is 13.0. The largest absolute Gasteiger partial charge is 0.497 e. The van der Waals surface area contributed by atoms with E-state index in [0.29, 0.717) is 23.6 Å². The third-order valence-corrected chi connectivity index (χ3v) is 6.45. The van der Waals surface area contributed by atoms with E-state index in [-0.39, 0.29) is 29.4 Å². The van der Waals surface area contributed by atoms with Crippen LogP contribution in [0.3, 0.4) is 0 Å². The minimum Gasteiger partial charge on any atom is -0.497 e. The Morgan fingerprint density at radius 1 is 1.19 bits per heavy atom. The number of anilines is 1. The molecule has 4 rings (SSSR count). The molecular weight excluding hydrogens is 455 g/mol. The van der Waals surface area contributed by atoms with E-state index in [9.17, 15) is 14.4 Å². The Bertz CT molecular complexity index is 1050. The number of urea groups is 1. The van der Waals surface area contributed by atoms with E-state index in [2.05, 4.69) is 16.0 Å². The van der Waals surface area contributed by atoms with Crippen molar-refractivity contribution in [2.24, 2.45) is 0 Å². The van der Waals surface area contributed by atoms with E-state index >= 15 is 0 Å². The van der Waals surface area contributed by atoms with Crippen LogP contribution in [-0.2, 0) is 16.0 Å². The Balaban J connectivity index is 1.37. The molecule has 2 fully saturated rings. The zero-order chi connectivity index (χ0) is 22.8. The first-order valence-corrected chi connectivity index (χ1v) is 10.9. The van der Waals surface area contributed by atoms with E-state index in [1.807, 2.05) is 24.3 Å². The highest BCUT2D eigenvalue weighted by molar-refractivity contribution is 6.43. The van der Waals surface area contributed by atoms with Gasteiger partial charge in [0.15, 0.2) is 0 Å². The molecule has 3 N–H and O–H groups in total. The molecule has 0 bridgehead atoms. The Labute approximate surface area is 195 Å². The molecule has 3 atom stereocenters. The second-order valence-corrected chi connectivity index (χ2v) is 8.54. The van der Waals surface area contributed by atoms with Crippen molar-refractivity contribution in [3.05, 3.63) is 58.1 Å². The normalized spacial score (nSPS) is 22.2. The molecule has 8 nitrogen and oxygen atoms in total. The highest BCUT2D eigenvalue weighted by Crippen LogP contribution is 2.30. The number of nitrogens with one attached hydrogen (secondary N) is 3. The van der Waals surface area contributed by atoms with Crippen LogP contribution in [0.2, 0.25) is 10.0 Å². The smallest absolute Gasteiger partial charge is 0.319 e. The van der Waals surface area contributed by atoms with Crippen LogP contribution in [-0.4, -0.2) is 54.5 Å². The number of halogens is 2. The van der Waals surface area contributed by atoms with Crippen LogP contribution in [0.15, 0.2) is 42.5 Å². The molecule has 2 aliphatic rings. The third-order valence-electron chi connectivity index (χ3n) is 5.64. The van der Waals surface area contributed by atoms with E-state index in [0.717, 1.165) is 11.3 Å². The van der Waals surface area contributed by atoms with Gasteiger partial charge in [-0.25, -0.2) is 4.79 Å². The molecule has 0 saturated carbocycles. The van der Waals surface area contributed by atoms with Crippen molar-refractivity contribution in [3.63, 3.8) is 0 Å². The number of hydrogen-bond donors (Lipinski definition) is 3. The first kappa shape index (κ1) is 22.2. The van der Waals surface area contributed by atoms with Crippen molar-refractivity contribution < 1.29 is 19.1 Å². The molecule has 10 heteroatoms. The van der Waals surface area contributed by atoms with Gasteiger partial charge in [0.1, 0.15) is 17.8 Å². The summed E-state index contributed by atoms with van der Waals surface area (Å²) in [4.78, 5) is 39.6. The lowest BCUT2D eigenvalue weighted by Gasteiger charge is -2.34. The van der Waals surface area contributed by atoms with Gasteiger partial charge in [-0.2, -0.15) is 0 Å². The summed E-state index contributed by atoms with van der Waals surface area (Å²) >= 11 is 12.1. The van der Waals surface area contributed by atoms with Crippen LogP contribution >= 0.6 is 23.2 Å². The second kappa shape index (κ2) is 9.26. The minimum atomic E-state index is -0.648. The molecule has 2 aliphatic heterocycles. The monoisotopic (exact) mass is 476 g/mol. The summed E-state index contributed by atoms with van der Waals surface area (Å²) in [6.07, 6.45) is 0.715. The summed E-state index contributed by atoms with van der Waals surface area (Å²) in [7, 11) is 1.59. The number of ether oxygens (including phenoxy) is 1. The van der Waals surface area contributed by atoms with E-state index in [4.69, 9.17) is 27.9 Å². The Morgan fingerprint density at radius 2 is 1.94 bits per heavy atom. The van der Waals surface area contributed by atoms with Gasteiger partial charge in [0.25, 0.3) is 0 Å². The van der Waals surface area contributed by atoms with E-state index in [1.54, 1.807) is 30.2 Å². The van der Waals surface area contributed by atoms with Crippen molar-refractivity contribution in [2.75, 3.05) is 19.0 Å². The Morgan fingerprint density at radius 3 is 2.66 bits per heavy atom. The predicted octanol–water partition coefficient (Wildman–Crippen LogP) is 2.83. The fourth-order valence-electron chi connectivity index (χ4n) is 4.04. The van der Waals surface area contributed by atoms with Crippen molar-refractivity contribution in [1.82, 2.24) is 15.5 Å². The van der Waals surface area contributed by atoms with Crippen LogP contribution < -0.4 is 20.7 Å². The van der Waals surface area contributed by atoms with Gasteiger partial charge >= 0.3 is 6.03 Å². The van der Waals surface area contributed by atoms with Gasteiger partial charge in [-0.05, 0) is 36.2 Å². The Kier molecular flexibility index (Phi) is 6.43. The Hall–Kier alpha value is -2.97. The zero-order valence-electron chi connectivity index (χ0n) is 17.2. The standard InChI is InChI=1S/C22H22Cl2N4O4/c1-32-14-7-5-12(6-8-14)9-17-21(30)28-11-13(10-18(28)20(29)26-17)25-22(31)27-16-4-2-3-15(23)19(16)24/h2-8,13,17-18H,9-11H2,1H3,(H,26,29)(H2,25,27,31)/t13-,17-,18-/m0/s1. The van der Waals surface area contributed by atoms with Gasteiger partial charge in [0.2, 0.25) is 11.8 Å². The molecule has 0 aromatic heterocycles. The summed E-state index contributed by atoms with van der Waals surface area (Å²) in [5.41, 5.74) is 1.29. The molecule has 0 spiro atoms. The van der Waals surface area contributed by atoms with Gasteiger partial charge in [0, 0.05) is 13.0 Å². The van der Waals surface area contributed by atoms with Crippen LogP contribution in [0, 0.1) is 0 Å². The topological polar surface area (TPSA) is 99.8 Å². The minimum absolute atomic E-state index is 0.159. The number of nitrogens with zero attached hydrogens (tertiary/aromatic N) is 1. The second-order valence-electron chi connectivity index (χ2n) is 7.75. The number of amides is 4. The number of carbonyl (C=O) groups is 3. The molecular formula is C22H22Cl2N4O4. The number of fused-ring (bicyclic) bond motifs is 1. The number of benzene rings is 2. The van der Waals surface area contributed by atoms with Gasteiger partial charge in [-0.1, -0.05) is 41.4 Å². The molecule has 0 radical (unpaired) electrons. The highest BCUT2D eigenvalue weighted by Gasteiger charge is 2.46. The van der Waals surface area contributed by atoms with Crippen molar-refractivity contribution >= 4 is 46.7 Å². The van der Waals surface area contributed by atoms with Crippen LogP contribution in [0.1, 0.15) is 12.0 Å². The highest BCUT2D eigenvalue weighted by atomic mass is 35.5. The summed E-state index contributed by atoms with van der Waals surface area (Å²) in [5, 5.41) is 8.85. The number of rotatable bonds is 5. The van der Waals surface area contributed by atoms with E-state index in [1.165, 1.54) is 0 Å². The number of piperazine rings is 1. The third kappa shape index (κ3) is 4.61. The lowest BCUT2D eigenvalue weighted by Crippen LogP contribution is -2.61. The van der Waals surface area contributed by atoms with Gasteiger partial charge in [-0.15, -0.1) is 0 Å². The number of carbonyl (C=O) groups excluding carboxylic acids is 3. The maximum Gasteiger partial charge on any atom is 0.319 e.